The van der Waals surface area contributed by atoms with Crippen LogP contribution < -0.4 is 10.0 Å². The molecule has 0 spiro atoms. The van der Waals surface area contributed by atoms with Gasteiger partial charge in [0, 0.05) is 32.1 Å². The Kier molecular flexibility index (Phi) is 6.11. The highest BCUT2D eigenvalue weighted by molar-refractivity contribution is 7.90. The van der Waals surface area contributed by atoms with Gasteiger partial charge in [0.2, 0.25) is 0 Å². The Morgan fingerprint density at radius 3 is 2.62 bits per heavy atom. The zero-order valence-corrected chi connectivity index (χ0v) is 15.8. The Morgan fingerprint density at radius 2 is 1.96 bits per heavy atom. The first-order valence-corrected chi connectivity index (χ1v) is 9.24. The molecule has 140 valence electrons. The quantitative estimate of drug-likeness (QED) is 0.796. The highest BCUT2D eigenvalue weighted by Crippen LogP contribution is 2.25. The minimum absolute atomic E-state index is 0.253. The molecule has 2 N–H and O–H groups in total. The molecule has 0 aliphatic carbocycles. The largest absolute Gasteiger partial charge is 0.450 e. The summed E-state index contributed by atoms with van der Waals surface area (Å²) >= 11 is 0. The van der Waals surface area contributed by atoms with E-state index < -0.39 is 16.3 Å². The monoisotopic (exact) mass is 379 g/mol. The maximum atomic E-state index is 12.1. The molecular formula is C16H21N5O4S. The van der Waals surface area contributed by atoms with Gasteiger partial charge >= 0.3 is 16.3 Å². The number of carbonyl (C=O) groups excluding carboxylic acids is 1. The topological polar surface area (TPSA) is 114 Å². The van der Waals surface area contributed by atoms with E-state index in [9.17, 15) is 13.2 Å². The number of nitrogens with zero attached hydrogens (tertiary/aromatic N) is 3. The predicted octanol–water partition coefficient (Wildman–Crippen LogP) is 2.24. The minimum atomic E-state index is -3.65. The molecule has 10 heteroatoms. The van der Waals surface area contributed by atoms with E-state index in [2.05, 4.69) is 20.0 Å². The molecule has 2 rings (SSSR count). The number of ether oxygens (including phenoxy) is 1. The number of carbonyl (C=O) groups is 1. The van der Waals surface area contributed by atoms with Gasteiger partial charge in [0.25, 0.3) is 0 Å². The fourth-order valence-electron chi connectivity index (χ4n) is 1.97. The van der Waals surface area contributed by atoms with Crippen LogP contribution in [0.1, 0.15) is 12.6 Å². The van der Waals surface area contributed by atoms with Crippen molar-refractivity contribution >= 4 is 27.8 Å². The molecule has 0 aliphatic heterocycles. The van der Waals surface area contributed by atoms with E-state index in [0.717, 1.165) is 4.31 Å². The summed E-state index contributed by atoms with van der Waals surface area (Å²) in [5.74, 6) is 0.317. The van der Waals surface area contributed by atoms with Gasteiger partial charge in [-0.15, -0.1) is 0 Å². The molecule has 0 fully saturated rings. The highest BCUT2D eigenvalue weighted by Gasteiger charge is 2.15. The molecule has 2 heterocycles. The van der Waals surface area contributed by atoms with Crippen LogP contribution in [0.3, 0.4) is 0 Å². The lowest BCUT2D eigenvalue weighted by Gasteiger charge is -2.15. The molecule has 0 saturated carbocycles. The number of hydrogen-bond acceptors (Lipinski definition) is 6. The molecule has 9 nitrogen and oxygen atoms in total. The summed E-state index contributed by atoms with van der Waals surface area (Å²) in [7, 11) is -0.774. The van der Waals surface area contributed by atoms with Gasteiger partial charge in [-0.05, 0) is 37.6 Å². The third-order valence-electron chi connectivity index (χ3n) is 3.41. The lowest BCUT2D eigenvalue weighted by atomic mass is 10.1. The van der Waals surface area contributed by atoms with Crippen LogP contribution in [0, 0.1) is 6.92 Å². The van der Waals surface area contributed by atoms with Crippen LogP contribution in [-0.2, 0) is 14.9 Å². The van der Waals surface area contributed by atoms with Crippen LogP contribution >= 0.6 is 0 Å². The Hall–Kier alpha value is -2.72. The lowest BCUT2D eigenvalue weighted by molar-refractivity contribution is 0.168. The lowest BCUT2D eigenvalue weighted by Crippen LogP contribution is -2.29. The predicted molar refractivity (Wildman–Crippen MR) is 99.1 cm³/mol. The van der Waals surface area contributed by atoms with Gasteiger partial charge in [0.05, 0.1) is 18.0 Å². The zero-order chi connectivity index (χ0) is 19.3. The van der Waals surface area contributed by atoms with E-state index in [0.29, 0.717) is 28.3 Å². The normalized spacial score (nSPS) is 11.3. The summed E-state index contributed by atoms with van der Waals surface area (Å²) < 4.78 is 32.5. The third-order valence-corrected chi connectivity index (χ3v) is 4.84. The number of hydrogen-bond donors (Lipinski definition) is 2. The van der Waals surface area contributed by atoms with Gasteiger partial charge < -0.3 is 4.74 Å². The van der Waals surface area contributed by atoms with E-state index in [1.54, 1.807) is 38.2 Å². The van der Waals surface area contributed by atoms with Crippen LogP contribution in [0.15, 0.2) is 30.6 Å². The van der Waals surface area contributed by atoms with Crippen LogP contribution in [0.4, 0.5) is 16.3 Å². The molecule has 0 radical (unpaired) electrons. The number of aryl methyl sites for hydroxylation is 1. The van der Waals surface area contributed by atoms with E-state index in [-0.39, 0.29) is 6.61 Å². The van der Waals surface area contributed by atoms with Gasteiger partial charge in [-0.2, -0.15) is 12.7 Å². The van der Waals surface area contributed by atoms with Gasteiger partial charge in [-0.3, -0.25) is 15.0 Å². The molecule has 1 amide bonds. The number of rotatable bonds is 6. The highest BCUT2D eigenvalue weighted by atomic mass is 32.2. The number of aromatic nitrogens is 2. The fourth-order valence-corrected chi connectivity index (χ4v) is 2.64. The number of amides is 1. The summed E-state index contributed by atoms with van der Waals surface area (Å²) in [5.41, 5.74) is 2.29. The van der Waals surface area contributed by atoms with Crippen molar-refractivity contribution in [3.05, 3.63) is 36.3 Å². The molecule has 0 atom stereocenters. The average Bonchev–Trinajstić information content (AvgIpc) is 2.57. The molecule has 0 unspecified atom stereocenters. The maximum Gasteiger partial charge on any atom is 0.412 e. The van der Waals surface area contributed by atoms with Crippen LogP contribution in [0.25, 0.3) is 11.1 Å². The second kappa shape index (κ2) is 8.11. The number of anilines is 2. The average molecular weight is 379 g/mol. The summed E-state index contributed by atoms with van der Waals surface area (Å²) in [5, 5.41) is 2.52. The van der Waals surface area contributed by atoms with E-state index in [1.165, 1.54) is 20.3 Å². The molecule has 0 aliphatic rings. The van der Waals surface area contributed by atoms with Gasteiger partial charge in [0.1, 0.15) is 5.82 Å². The fraction of sp³-hybridized carbons (Fsp3) is 0.312. The number of pyridine rings is 2. The second-order valence-corrected chi connectivity index (χ2v) is 7.41. The maximum absolute atomic E-state index is 12.1. The molecule has 0 bridgehead atoms. The first-order chi connectivity index (χ1) is 12.2. The first kappa shape index (κ1) is 19.6. The van der Waals surface area contributed by atoms with Crippen LogP contribution in [-0.4, -0.2) is 49.5 Å². The van der Waals surface area contributed by atoms with Crippen molar-refractivity contribution in [1.82, 2.24) is 14.3 Å². The van der Waals surface area contributed by atoms with Crippen molar-refractivity contribution in [1.29, 1.82) is 0 Å². The Morgan fingerprint density at radius 1 is 1.23 bits per heavy atom. The van der Waals surface area contributed by atoms with Crippen molar-refractivity contribution in [3.8, 4) is 11.1 Å². The summed E-state index contributed by atoms with van der Waals surface area (Å²) in [6.45, 7) is 3.66. The second-order valence-electron chi connectivity index (χ2n) is 5.52. The molecule has 0 aromatic carbocycles. The molecule has 0 saturated heterocycles. The van der Waals surface area contributed by atoms with Crippen molar-refractivity contribution in [2.45, 2.75) is 13.8 Å². The van der Waals surface area contributed by atoms with Crippen molar-refractivity contribution in [2.24, 2.45) is 0 Å². The van der Waals surface area contributed by atoms with E-state index in [4.69, 9.17) is 4.74 Å². The SMILES string of the molecule is CCOC(=O)Nc1cc(-c2cnc(C)c(NS(=O)(=O)N(C)C)c2)ccn1. The summed E-state index contributed by atoms with van der Waals surface area (Å²) in [6, 6.07) is 5.05. The van der Waals surface area contributed by atoms with Gasteiger partial charge in [0.15, 0.2) is 0 Å². The smallest absolute Gasteiger partial charge is 0.412 e. The van der Waals surface area contributed by atoms with Crippen molar-refractivity contribution in [2.75, 3.05) is 30.7 Å². The van der Waals surface area contributed by atoms with Crippen molar-refractivity contribution < 1.29 is 17.9 Å². The Labute approximate surface area is 152 Å². The molecule has 26 heavy (non-hydrogen) atoms. The van der Waals surface area contributed by atoms with Crippen LogP contribution in [0.2, 0.25) is 0 Å². The molecular weight excluding hydrogens is 358 g/mol. The Balaban J connectivity index is 2.32. The summed E-state index contributed by atoms with van der Waals surface area (Å²) in [4.78, 5) is 19.8. The molecule has 2 aromatic heterocycles. The Bertz CT molecular complexity index is 899. The standard InChI is InChI=1S/C16H21N5O4S/c1-5-25-16(22)19-15-9-12(6-7-17-15)13-8-14(11(2)18-10-13)20-26(23,24)21(3)4/h6-10,20H,5H2,1-4H3,(H,17,19,22). The van der Waals surface area contributed by atoms with Crippen LogP contribution in [0.5, 0.6) is 0 Å². The zero-order valence-electron chi connectivity index (χ0n) is 15.0. The minimum Gasteiger partial charge on any atom is -0.450 e. The first-order valence-electron chi connectivity index (χ1n) is 7.80. The van der Waals surface area contributed by atoms with Gasteiger partial charge in [-0.25, -0.2) is 9.78 Å². The van der Waals surface area contributed by atoms with Crippen molar-refractivity contribution in [3.63, 3.8) is 0 Å². The van der Waals surface area contributed by atoms with E-state index >= 15 is 0 Å². The summed E-state index contributed by atoms with van der Waals surface area (Å²) in [6.07, 6.45) is 2.55. The van der Waals surface area contributed by atoms with E-state index in [1.807, 2.05) is 0 Å². The number of nitrogens with one attached hydrogen (secondary N) is 2. The third kappa shape index (κ3) is 4.90. The molecule has 2 aromatic rings. The van der Waals surface area contributed by atoms with Gasteiger partial charge in [-0.1, -0.05) is 0 Å².